The first-order valence-electron chi connectivity index (χ1n) is 21.4. The minimum absolute atomic E-state index is 0.848. The van der Waals surface area contributed by atoms with Crippen molar-refractivity contribution in [3.05, 3.63) is 0 Å². The van der Waals surface area contributed by atoms with Crippen LogP contribution in [-0.2, 0) is 0 Å². The summed E-state index contributed by atoms with van der Waals surface area (Å²) < 4.78 is 3.37. The molecule has 0 rings (SSSR count). The second-order valence-corrected chi connectivity index (χ2v) is 98.4. The van der Waals surface area contributed by atoms with Crippen LogP contribution in [0.25, 0.3) is 0 Å². The van der Waals surface area contributed by atoms with Gasteiger partial charge >= 0.3 is 0 Å². The average molecular weight is 908 g/mol. The van der Waals surface area contributed by atoms with Crippen LogP contribution >= 0.6 is 0 Å². The number of hydrogen-bond donors (Lipinski definition) is 0. The molecule has 0 saturated carbocycles. The van der Waals surface area contributed by atoms with Gasteiger partial charge in [-0.05, 0) is 19.4 Å². The molecule has 0 aliphatic heterocycles. The SMILES string of the molecule is CCN(CC)[Si](=[Si][Si](C(C)C)(C([Si](C)(C)C)[Si](C)(C)C)C([Si](C)(C)C)[Si](C)(C)C)[Si](C(C)C)(C([Si](C)(C)C)[Si](C)(C)C)C([Si](C)(C)C)[Si](C)(C)C. The van der Waals surface area contributed by atoms with Gasteiger partial charge in [0.25, 0.3) is 0 Å². The van der Waals surface area contributed by atoms with Gasteiger partial charge in [-0.2, -0.15) is 0 Å². The molecule has 0 heterocycles. The highest BCUT2D eigenvalue weighted by molar-refractivity contribution is 7.59. The van der Waals surface area contributed by atoms with Crippen molar-refractivity contribution in [2.45, 2.75) is 229 Å². The van der Waals surface area contributed by atoms with Gasteiger partial charge in [0.15, 0.2) is 0 Å². The van der Waals surface area contributed by atoms with E-state index in [1.807, 2.05) is 0 Å². The van der Waals surface area contributed by atoms with Crippen LogP contribution in [0.5, 0.6) is 0 Å². The van der Waals surface area contributed by atoms with Crippen LogP contribution in [-0.4, -0.2) is 113 Å². The molecule has 0 aromatic rings. The summed E-state index contributed by atoms with van der Waals surface area (Å²) in [5, 5.41) is 0. The normalized spacial score (nSPS) is 16.2. The fourth-order valence-corrected chi connectivity index (χ4v) is 214. The van der Waals surface area contributed by atoms with E-state index in [4.69, 9.17) is 0 Å². The predicted octanol–water partition coefficient (Wildman–Crippen LogP) is 14.3. The molecular weight excluding hydrogens is 807 g/mol. The first-order chi connectivity index (χ1) is 22.0. The van der Waals surface area contributed by atoms with Gasteiger partial charge in [0.05, 0.1) is 22.8 Å². The molecule has 0 N–H and O–H groups in total. The highest BCUT2D eigenvalue weighted by Gasteiger charge is 2.68. The third-order valence-corrected chi connectivity index (χ3v) is 123. The second kappa shape index (κ2) is 17.3. The fourth-order valence-electron chi connectivity index (χ4n) is 14.6. The van der Waals surface area contributed by atoms with E-state index >= 15 is 0 Å². The third kappa shape index (κ3) is 12.0. The van der Waals surface area contributed by atoms with Gasteiger partial charge in [0.1, 0.15) is 0 Å². The van der Waals surface area contributed by atoms with Crippen molar-refractivity contribution in [3.8, 4) is 0 Å². The molecule has 0 bridgehead atoms. The Bertz CT molecular complexity index is 1020. The maximum absolute atomic E-state index is 3.37. The lowest BCUT2D eigenvalue weighted by molar-refractivity contribution is 0.497. The Kier molecular flexibility index (Phi) is 18.1. The number of hydrogen-bond acceptors (Lipinski definition) is 1. The van der Waals surface area contributed by atoms with E-state index in [1.54, 1.807) is 0 Å². The van der Waals surface area contributed by atoms with Crippen LogP contribution in [0.4, 0.5) is 0 Å². The van der Waals surface area contributed by atoms with E-state index in [-0.39, 0.29) is 0 Å². The van der Waals surface area contributed by atoms with E-state index in [0.717, 1.165) is 30.2 Å². The molecule has 51 heavy (non-hydrogen) atoms. The Morgan fingerprint density at radius 1 is 0.373 bits per heavy atom. The van der Waals surface area contributed by atoms with Gasteiger partial charge in [0.2, 0.25) is 0 Å². The van der Waals surface area contributed by atoms with E-state index in [0.29, 0.717) is 0 Å². The second-order valence-electron chi connectivity index (χ2n) is 26.5. The Hall–Kier alpha value is 2.40. The summed E-state index contributed by atoms with van der Waals surface area (Å²) >= 11 is 0. The van der Waals surface area contributed by atoms with Gasteiger partial charge in [0, 0.05) is 85.8 Å². The van der Waals surface area contributed by atoms with Crippen molar-refractivity contribution in [2.24, 2.45) is 0 Å². The van der Waals surface area contributed by atoms with Gasteiger partial charge in [-0.15, -0.1) is 0 Å². The third-order valence-electron chi connectivity index (χ3n) is 12.6. The zero-order chi connectivity index (χ0) is 41.7. The molecule has 13 heteroatoms. The topological polar surface area (TPSA) is 3.24 Å². The van der Waals surface area contributed by atoms with Crippen LogP contribution in [0.1, 0.15) is 41.5 Å². The van der Waals surface area contributed by atoms with Crippen molar-refractivity contribution in [2.75, 3.05) is 13.1 Å². The molecule has 0 aliphatic carbocycles. The first kappa shape index (κ1) is 53.4. The summed E-state index contributed by atoms with van der Waals surface area (Å²) in [6, 6.07) is 0. The molecule has 1 radical (unpaired) electrons. The molecule has 0 atom stereocenters. The Morgan fingerprint density at radius 2 is 0.588 bits per heavy atom. The van der Waals surface area contributed by atoms with Crippen LogP contribution in [0.3, 0.4) is 0 Å². The molecule has 0 fully saturated rings. The van der Waals surface area contributed by atoms with E-state index in [1.165, 1.54) is 21.2 Å². The quantitative estimate of drug-likeness (QED) is 0.117. The summed E-state index contributed by atoms with van der Waals surface area (Å²) in [7, 11) is -15.8. The van der Waals surface area contributed by atoms with E-state index in [2.05, 4.69) is 203 Å². The first-order valence-corrected chi connectivity index (χ1v) is 59.9. The molecule has 0 aromatic heterocycles. The zero-order valence-corrected chi connectivity index (χ0v) is 53.3. The minimum atomic E-state index is -2.01. The molecule has 0 aromatic carbocycles. The predicted molar refractivity (Wildman–Crippen MR) is 278 cm³/mol. The van der Waals surface area contributed by atoms with Crippen LogP contribution in [0.15, 0.2) is 0 Å². The van der Waals surface area contributed by atoms with E-state index in [9.17, 15) is 0 Å². The van der Waals surface area contributed by atoms with Crippen LogP contribution < -0.4 is 0 Å². The summed E-state index contributed by atoms with van der Waals surface area (Å²) in [5.41, 5.74) is 1.76. The minimum Gasteiger partial charge on any atom is -0.413 e. The highest BCUT2D eigenvalue weighted by Crippen LogP contribution is 2.59. The molecule has 0 unspecified atom stereocenters. The maximum atomic E-state index is 3.37. The maximum Gasteiger partial charge on any atom is 0.0821 e. The lowest BCUT2D eigenvalue weighted by Crippen LogP contribution is -2.80. The lowest BCUT2D eigenvalue weighted by Gasteiger charge is -2.65. The summed E-state index contributed by atoms with van der Waals surface area (Å²) in [4.78, 5) is 4.33. The monoisotopic (exact) mass is 907 g/mol. The molecular formula is C38H100NSi12. The van der Waals surface area contributed by atoms with Crippen LogP contribution in [0.2, 0.25) is 187 Å². The van der Waals surface area contributed by atoms with Gasteiger partial charge in [-0.1, -0.05) is 210 Å². The standard InChI is InChI=1S/C38H100NSi12/c1-31-39(32-2)41(51(34(5)6,37(46(19,20)21)47(22,23)24)38(48(25,26)27)49(28,29)30)40-50(33(3)4,35(42(7,8)9)43(10,11)12)36(44(13,14)15)45(16,17)18/h33-38H,31-32H2,1-30H3. The Morgan fingerprint density at radius 3 is 0.725 bits per heavy atom. The largest absolute Gasteiger partial charge is 0.413 e. The number of rotatable bonds is 19. The fraction of sp³-hybridized carbons (Fsp3) is 1.00. The van der Waals surface area contributed by atoms with Crippen molar-refractivity contribution < 1.29 is 0 Å². The van der Waals surface area contributed by atoms with Gasteiger partial charge < -0.3 is 4.57 Å². The van der Waals surface area contributed by atoms with Crippen LogP contribution in [0, 0.1) is 0 Å². The molecule has 0 spiro atoms. The molecule has 0 aliphatic rings. The lowest BCUT2D eigenvalue weighted by atomic mass is 10.6. The summed E-state index contributed by atoms with van der Waals surface area (Å²) in [6.45, 7) is 88.6. The van der Waals surface area contributed by atoms with Gasteiger partial charge in [-0.25, -0.2) is 0 Å². The molecule has 0 saturated heterocycles. The van der Waals surface area contributed by atoms with Crippen molar-refractivity contribution in [1.82, 2.24) is 4.57 Å². The highest BCUT2D eigenvalue weighted by atomic mass is 29.6. The summed E-state index contributed by atoms with van der Waals surface area (Å²) in [5.74, 6) is 0. The molecule has 305 valence electrons. The molecule has 0 amide bonds. The Labute approximate surface area is 339 Å². The van der Waals surface area contributed by atoms with Crippen molar-refractivity contribution in [3.63, 3.8) is 0 Å². The zero-order valence-electron chi connectivity index (χ0n) is 41.3. The van der Waals surface area contributed by atoms with E-state index < -0.39 is 87.3 Å². The van der Waals surface area contributed by atoms with Gasteiger partial charge in [-0.3, -0.25) is 0 Å². The summed E-state index contributed by atoms with van der Waals surface area (Å²) in [6.07, 6.45) is 0. The van der Waals surface area contributed by atoms with Crippen molar-refractivity contribution in [1.29, 1.82) is 0 Å². The smallest absolute Gasteiger partial charge is 0.0821 e. The number of nitrogens with zero attached hydrogens (tertiary/aromatic N) is 1. The average Bonchev–Trinajstić information content (AvgIpc) is 2.75. The van der Waals surface area contributed by atoms with Crippen molar-refractivity contribution >= 4 is 95.5 Å². The Balaban J connectivity index is 10.4. The molecule has 1 nitrogen and oxygen atoms in total.